The van der Waals surface area contributed by atoms with Crippen LogP contribution >= 0.6 is 11.6 Å². The van der Waals surface area contributed by atoms with Gasteiger partial charge in [-0.15, -0.1) is 0 Å². The van der Waals surface area contributed by atoms with Crippen LogP contribution in [0.5, 0.6) is 0 Å². The molecule has 1 aliphatic carbocycles. The van der Waals surface area contributed by atoms with E-state index < -0.39 is 0 Å². The van der Waals surface area contributed by atoms with Crippen molar-refractivity contribution in [1.82, 2.24) is 9.97 Å². The van der Waals surface area contributed by atoms with E-state index in [0.717, 1.165) is 29.9 Å². The third-order valence-electron chi connectivity index (χ3n) is 4.62. The largest absolute Gasteiger partial charge is 0.469 e. The Labute approximate surface area is 156 Å². The van der Waals surface area contributed by atoms with Crippen LogP contribution in [0.4, 0.5) is 5.95 Å². The van der Waals surface area contributed by atoms with Crippen LogP contribution in [0.1, 0.15) is 39.7 Å². The lowest BCUT2D eigenvalue weighted by Crippen LogP contribution is -2.21. The monoisotopic (exact) mass is 367 g/mol. The molecule has 5 nitrogen and oxygen atoms in total. The van der Waals surface area contributed by atoms with Crippen molar-refractivity contribution in [3.63, 3.8) is 0 Å². The Bertz CT molecular complexity index is 907. The second-order valence-electron chi connectivity index (χ2n) is 6.39. The van der Waals surface area contributed by atoms with Crippen molar-refractivity contribution in [3.8, 4) is 0 Å². The standard InChI is InChI=1S/C20H18ClN3O2/c21-15-5-3-13(4-6-15)14-10-18-17(19(25)11-14)12-23-20(24-18)22-8-7-16-2-1-9-26-16/h1-6,9,12,14H,7-8,10-11H2,(H,22,23,24)/t14-/m1/s1. The van der Waals surface area contributed by atoms with Gasteiger partial charge in [0.2, 0.25) is 5.95 Å². The summed E-state index contributed by atoms with van der Waals surface area (Å²) in [5.74, 6) is 1.67. The highest BCUT2D eigenvalue weighted by Crippen LogP contribution is 2.32. The molecular formula is C20H18ClN3O2. The number of benzene rings is 1. The van der Waals surface area contributed by atoms with Crippen molar-refractivity contribution in [2.75, 3.05) is 11.9 Å². The van der Waals surface area contributed by atoms with Crippen molar-refractivity contribution in [2.24, 2.45) is 0 Å². The van der Waals surface area contributed by atoms with Crippen LogP contribution in [-0.4, -0.2) is 22.3 Å². The summed E-state index contributed by atoms with van der Waals surface area (Å²) in [7, 11) is 0. The van der Waals surface area contributed by atoms with Crippen molar-refractivity contribution < 1.29 is 9.21 Å². The Morgan fingerprint density at radius 1 is 1.19 bits per heavy atom. The molecule has 1 atom stereocenters. The number of halogens is 1. The van der Waals surface area contributed by atoms with E-state index in [2.05, 4.69) is 15.3 Å². The summed E-state index contributed by atoms with van der Waals surface area (Å²) in [6.45, 7) is 0.668. The van der Waals surface area contributed by atoms with Crippen LogP contribution in [0.25, 0.3) is 0 Å². The number of hydrogen-bond acceptors (Lipinski definition) is 5. The van der Waals surface area contributed by atoms with E-state index >= 15 is 0 Å². The average Bonchev–Trinajstić information content (AvgIpc) is 3.15. The molecule has 1 aliphatic rings. The molecule has 132 valence electrons. The summed E-state index contributed by atoms with van der Waals surface area (Å²) in [6, 6.07) is 11.5. The third kappa shape index (κ3) is 3.63. The van der Waals surface area contributed by atoms with Gasteiger partial charge in [-0.1, -0.05) is 23.7 Å². The van der Waals surface area contributed by atoms with Crippen LogP contribution in [0.2, 0.25) is 5.02 Å². The zero-order valence-electron chi connectivity index (χ0n) is 14.1. The number of aromatic nitrogens is 2. The van der Waals surface area contributed by atoms with Gasteiger partial charge in [0.25, 0.3) is 0 Å². The summed E-state index contributed by atoms with van der Waals surface area (Å²) >= 11 is 5.96. The Balaban J connectivity index is 1.48. The van der Waals surface area contributed by atoms with Gasteiger partial charge in [-0.05, 0) is 42.2 Å². The van der Waals surface area contributed by atoms with E-state index in [1.807, 2.05) is 36.4 Å². The number of ketones is 1. The van der Waals surface area contributed by atoms with Gasteiger partial charge >= 0.3 is 0 Å². The van der Waals surface area contributed by atoms with Gasteiger partial charge in [0, 0.05) is 30.6 Å². The third-order valence-corrected chi connectivity index (χ3v) is 4.87. The van der Waals surface area contributed by atoms with Crippen molar-refractivity contribution in [1.29, 1.82) is 0 Å². The molecule has 2 aromatic heterocycles. The Kier molecular flexibility index (Phi) is 4.71. The molecule has 4 rings (SSSR count). The number of nitrogens with zero attached hydrogens (tertiary/aromatic N) is 2. The number of anilines is 1. The number of furan rings is 1. The maximum absolute atomic E-state index is 12.5. The predicted molar refractivity (Wildman–Crippen MR) is 99.8 cm³/mol. The molecule has 0 saturated heterocycles. The van der Waals surface area contributed by atoms with Crippen molar-refractivity contribution in [2.45, 2.75) is 25.2 Å². The fourth-order valence-corrected chi connectivity index (χ4v) is 3.38. The van der Waals surface area contributed by atoms with Crippen LogP contribution in [0.3, 0.4) is 0 Å². The van der Waals surface area contributed by atoms with E-state index in [4.69, 9.17) is 16.0 Å². The lowest BCUT2D eigenvalue weighted by molar-refractivity contribution is 0.0962. The molecule has 0 fully saturated rings. The molecule has 0 spiro atoms. The number of carbonyl (C=O) groups is 1. The first-order valence-electron chi connectivity index (χ1n) is 8.60. The van der Waals surface area contributed by atoms with E-state index in [1.54, 1.807) is 12.5 Å². The normalized spacial score (nSPS) is 16.3. The van der Waals surface area contributed by atoms with Gasteiger partial charge in [-0.25, -0.2) is 9.97 Å². The molecule has 0 bridgehead atoms. The van der Waals surface area contributed by atoms with E-state index in [-0.39, 0.29) is 11.7 Å². The summed E-state index contributed by atoms with van der Waals surface area (Å²) in [5.41, 5.74) is 2.54. The Morgan fingerprint density at radius 3 is 2.81 bits per heavy atom. The van der Waals surface area contributed by atoms with Crippen LogP contribution < -0.4 is 5.32 Å². The van der Waals surface area contributed by atoms with Gasteiger partial charge in [0.15, 0.2) is 5.78 Å². The predicted octanol–water partition coefficient (Wildman–Crippen LogP) is 4.29. The summed E-state index contributed by atoms with van der Waals surface area (Å²) in [4.78, 5) is 21.3. The Hall–Kier alpha value is -2.66. The van der Waals surface area contributed by atoms with Gasteiger partial charge in [0.1, 0.15) is 5.76 Å². The zero-order chi connectivity index (χ0) is 17.9. The first kappa shape index (κ1) is 16.8. The molecule has 0 saturated carbocycles. The van der Waals surface area contributed by atoms with E-state index in [0.29, 0.717) is 29.5 Å². The Morgan fingerprint density at radius 2 is 2.04 bits per heavy atom. The van der Waals surface area contributed by atoms with Gasteiger partial charge in [0.05, 0.1) is 17.5 Å². The number of Topliss-reactive ketones (excluding diaryl/α,β-unsaturated/α-hetero) is 1. The van der Waals surface area contributed by atoms with Crippen molar-refractivity contribution in [3.05, 3.63) is 76.5 Å². The minimum Gasteiger partial charge on any atom is -0.469 e. The highest BCUT2D eigenvalue weighted by molar-refractivity contribution is 6.30. The minimum absolute atomic E-state index is 0.0911. The topological polar surface area (TPSA) is 68.0 Å². The quantitative estimate of drug-likeness (QED) is 0.728. The molecule has 0 radical (unpaired) electrons. The fraction of sp³-hybridized carbons (Fsp3) is 0.250. The van der Waals surface area contributed by atoms with Crippen LogP contribution in [-0.2, 0) is 12.8 Å². The summed E-state index contributed by atoms with van der Waals surface area (Å²) in [5, 5.41) is 3.89. The summed E-state index contributed by atoms with van der Waals surface area (Å²) < 4.78 is 5.31. The average molecular weight is 368 g/mol. The highest BCUT2D eigenvalue weighted by Gasteiger charge is 2.28. The van der Waals surface area contributed by atoms with Crippen LogP contribution in [0.15, 0.2) is 53.3 Å². The van der Waals surface area contributed by atoms with E-state index in [1.165, 1.54) is 0 Å². The number of hydrogen-bond donors (Lipinski definition) is 1. The van der Waals surface area contributed by atoms with Crippen molar-refractivity contribution >= 4 is 23.3 Å². The number of carbonyl (C=O) groups excluding carboxylic acids is 1. The van der Waals surface area contributed by atoms with Gasteiger partial charge in [-0.3, -0.25) is 4.79 Å². The number of nitrogens with one attached hydrogen (secondary N) is 1. The molecule has 1 N–H and O–H groups in total. The molecule has 26 heavy (non-hydrogen) atoms. The molecule has 6 heteroatoms. The first-order valence-corrected chi connectivity index (χ1v) is 8.97. The van der Waals surface area contributed by atoms with Crippen LogP contribution in [0, 0.1) is 0 Å². The highest BCUT2D eigenvalue weighted by atomic mass is 35.5. The molecular weight excluding hydrogens is 350 g/mol. The molecule has 2 heterocycles. The molecule has 1 aromatic carbocycles. The molecule has 3 aromatic rings. The first-order chi connectivity index (χ1) is 12.7. The molecule has 0 unspecified atom stereocenters. The number of rotatable bonds is 5. The zero-order valence-corrected chi connectivity index (χ0v) is 14.9. The molecule has 0 amide bonds. The maximum Gasteiger partial charge on any atom is 0.222 e. The lowest BCUT2D eigenvalue weighted by atomic mass is 9.82. The fourth-order valence-electron chi connectivity index (χ4n) is 3.25. The second-order valence-corrected chi connectivity index (χ2v) is 6.83. The second kappa shape index (κ2) is 7.30. The smallest absolute Gasteiger partial charge is 0.222 e. The SMILES string of the molecule is O=C1C[C@H](c2ccc(Cl)cc2)Cc2nc(NCCc3ccco3)ncc21. The molecule has 0 aliphatic heterocycles. The van der Waals surface area contributed by atoms with E-state index in [9.17, 15) is 4.79 Å². The number of fused-ring (bicyclic) bond motifs is 1. The maximum atomic E-state index is 12.5. The minimum atomic E-state index is 0.0911. The van der Waals surface area contributed by atoms with Gasteiger partial charge < -0.3 is 9.73 Å². The lowest BCUT2D eigenvalue weighted by Gasteiger charge is -2.23. The summed E-state index contributed by atoms with van der Waals surface area (Å²) in [6.07, 6.45) is 5.24. The van der Waals surface area contributed by atoms with Gasteiger partial charge in [-0.2, -0.15) is 0 Å².